The molecule has 2 atom stereocenters. The van der Waals surface area contributed by atoms with Crippen LogP contribution in [-0.4, -0.2) is 74.9 Å². The summed E-state index contributed by atoms with van der Waals surface area (Å²) in [5.41, 5.74) is 0. The lowest BCUT2D eigenvalue weighted by atomic mass is 10.0. The van der Waals surface area contributed by atoms with Gasteiger partial charge in [0.2, 0.25) is 0 Å². The Balaban J connectivity index is 4.41. The number of esters is 2. The van der Waals surface area contributed by atoms with Crippen molar-refractivity contribution >= 4 is 19.8 Å². The Morgan fingerprint density at radius 1 is 0.585 bits per heavy atom. The zero-order valence-electron chi connectivity index (χ0n) is 34.7. The summed E-state index contributed by atoms with van der Waals surface area (Å²) in [6.45, 7) is 4.36. The number of quaternary nitrogens is 1. The predicted molar refractivity (Wildman–Crippen MR) is 220 cm³/mol. The van der Waals surface area contributed by atoms with E-state index in [-0.39, 0.29) is 32.0 Å². The van der Waals surface area contributed by atoms with Gasteiger partial charge in [-0.3, -0.25) is 18.6 Å². The van der Waals surface area contributed by atoms with E-state index in [0.29, 0.717) is 23.9 Å². The summed E-state index contributed by atoms with van der Waals surface area (Å²) in [6.07, 6.45) is 39.0. The number of rotatable bonds is 38. The van der Waals surface area contributed by atoms with E-state index in [1.165, 1.54) is 83.5 Å². The first-order chi connectivity index (χ1) is 25.5. The van der Waals surface area contributed by atoms with Gasteiger partial charge in [0.15, 0.2) is 6.10 Å². The highest BCUT2D eigenvalue weighted by molar-refractivity contribution is 7.47. The molecule has 1 N–H and O–H groups in total. The summed E-state index contributed by atoms with van der Waals surface area (Å²) in [5, 5.41) is 0. The number of allylic oxidation sites excluding steroid dienone is 6. The Bertz CT molecular complexity index is 1010. The largest absolute Gasteiger partial charge is 0.472 e. The maximum absolute atomic E-state index is 12.6. The van der Waals surface area contributed by atoms with Gasteiger partial charge >= 0.3 is 19.8 Å². The lowest BCUT2D eigenvalue weighted by molar-refractivity contribution is -0.870. The summed E-state index contributed by atoms with van der Waals surface area (Å²) < 4.78 is 34.2. The van der Waals surface area contributed by atoms with Gasteiger partial charge in [-0.05, 0) is 51.4 Å². The number of phosphoric ester groups is 1. The molecule has 0 aromatic carbocycles. The third kappa shape index (κ3) is 39.7. The zero-order chi connectivity index (χ0) is 39.3. The van der Waals surface area contributed by atoms with Gasteiger partial charge in [-0.15, -0.1) is 0 Å². The van der Waals surface area contributed by atoms with E-state index in [4.69, 9.17) is 18.5 Å². The van der Waals surface area contributed by atoms with Crippen molar-refractivity contribution < 1.29 is 42.1 Å². The van der Waals surface area contributed by atoms with Crippen molar-refractivity contribution in [2.75, 3.05) is 47.5 Å². The first kappa shape index (κ1) is 51.2. The summed E-state index contributed by atoms with van der Waals surface area (Å²) >= 11 is 0. The molecule has 0 bridgehead atoms. The second-order valence-electron chi connectivity index (χ2n) is 15.4. The number of unbranched alkanes of at least 4 members (excludes halogenated alkanes) is 18. The highest BCUT2D eigenvalue weighted by Crippen LogP contribution is 2.43. The molecule has 0 spiro atoms. The van der Waals surface area contributed by atoms with Crippen LogP contribution in [0.5, 0.6) is 0 Å². The van der Waals surface area contributed by atoms with Crippen LogP contribution in [-0.2, 0) is 32.7 Å². The van der Waals surface area contributed by atoms with Gasteiger partial charge in [-0.2, -0.15) is 0 Å². The maximum atomic E-state index is 12.6. The summed E-state index contributed by atoms with van der Waals surface area (Å²) in [4.78, 5) is 35.3. The van der Waals surface area contributed by atoms with Gasteiger partial charge in [-0.1, -0.05) is 147 Å². The first-order valence-corrected chi connectivity index (χ1v) is 22.7. The van der Waals surface area contributed by atoms with Gasteiger partial charge in [0, 0.05) is 12.8 Å². The highest BCUT2D eigenvalue weighted by atomic mass is 31.2. The van der Waals surface area contributed by atoms with E-state index in [9.17, 15) is 19.0 Å². The van der Waals surface area contributed by atoms with Crippen LogP contribution >= 0.6 is 7.82 Å². The van der Waals surface area contributed by atoms with Crippen LogP contribution in [0.15, 0.2) is 36.5 Å². The van der Waals surface area contributed by atoms with Crippen molar-refractivity contribution in [3.8, 4) is 0 Å². The molecule has 0 amide bonds. The number of likely N-dealkylation sites (N-methyl/N-ethyl adjacent to an activating group) is 1. The zero-order valence-corrected chi connectivity index (χ0v) is 35.6. The fourth-order valence-electron chi connectivity index (χ4n) is 5.55. The lowest BCUT2D eigenvalue weighted by Gasteiger charge is -2.24. The van der Waals surface area contributed by atoms with E-state index in [2.05, 4.69) is 50.3 Å². The normalized spacial score (nSPS) is 14.0. The SMILES string of the molecule is CCCCC/C=C\C/C=C\C/C=C\CCCCCCC(=O)OC[C@H](COP(=O)(O)OCC[N+](C)(C)C)OC(=O)CCCCCCCCCCCCCC. The molecule has 0 aliphatic rings. The molecule has 1 unspecified atom stereocenters. The summed E-state index contributed by atoms with van der Waals surface area (Å²) in [6, 6.07) is 0. The molecule has 0 rings (SSSR count). The summed E-state index contributed by atoms with van der Waals surface area (Å²) in [5.74, 6) is -0.822. The van der Waals surface area contributed by atoms with E-state index in [1.54, 1.807) is 0 Å². The molecule has 53 heavy (non-hydrogen) atoms. The number of hydrogen-bond acceptors (Lipinski definition) is 7. The predicted octanol–water partition coefficient (Wildman–Crippen LogP) is 11.7. The Labute approximate surface area is 325 Å². The number of carbonyl (C=O) groups excluding carboxylic acids is 2. The molecule has 0 saturated heterocycles. The second-order valence-corrected chi connectivity index (χ2v) is 16.8. The minimum absolute atomic E-state index is 0.0284. The number of phosphoric acid groups is 1. The molecule has 0 aromatic heterocycles. The van der Waals surface area contributed by atoms with Crippen molar-refractivity contribution in [3.05, 3.63) is 36.5 Å². The van der Waals surface area contributed by atoms with Crippen LogP contribution < -0.4 is 0 Å². The topological polar surface area (TPSA) is 108 Å². The Hall–Kier alpha value is -1.77. The van der Waals surface area contributed by atoms with Crippen LogP contribution in [0.2, 0.25) is 0 Å². The molecule has 0 aliphatic heterocycles. The van der Waals surface area contributed by atoms with Crippen LogP contribution in [0, 0.1) is 0 Å². The molecule has 9 nitrogen and oxygen atoms in total. The van der Waals surface area contributed by atoms with Gasteiger partial charge in [-0.25, -0.2) is 4.57 Å². The highest BCUT2D eigenvalue weighted by Gasteiger charge is 2.27. The number of nitrogens with zero attached hydrogens (tertiary/aromatic N) is 1. The van der Waals surface area contributed by atoms with Gasteiger partial charge in [0.25, 0.3) is 0 Å². The number of hydrogen-bond donors (Lipinski definition) is 1. The maximum Gasteiger partial charge on any atom is 0.472 e. The fraction of sp³-hybridized carbons (Fsp3) is 0.814. The molecule has 10 heteroatoms. The van der Waals surface area contributed by atoms with Gasteiger partial charge < -0.3 is 18.9 Å². The molecule has 310 valence electrons. The number of carbonyl (C=O) groups is 2. The molecular weight excluding hydrogens is 689 g/mol. The Morgan fingerprint density at radius 3 is 1.55 bits per heavy atom. The smallest absolute Gasteiger partial charge is 0.462 e. The number of ether oxygens (including phenoxy) is 2. The third-order valence-corrected chi connectivity index (χ3v) is 9.91. The van der Waals surface area contributed by atoms with Crippen molar-refractivity contribution in [2.24, 2.45) is 0 Å². The molecule has 0 heterocycles. The molecular formula is C43H81NO8P+. The quantitative estimate of drug-likeness (QED) is 0.0217. The molecule has 0 fully saturated rings. The molecule has 0 radical (unpaired) electrons. The average Bonchev–Trinajstić information content (AvgIpc) is 3.10. The van der Waals surface area contributed by atoms with Crippen LogP contribution in [0.4, 0.5) is 0 Å². The molecule has 0 saturated carbocycles. The lowest BCUT2D eigenvalue weighted by Crippen LogP contribution is -2.37. The third-order valence-electron chi connectivity index (χ3n) is 8.92. The average molecular weight is 771 g/mol. The first-order valence-electron chi connectivity index (χ1n) is 21.2. The second kappa shape index (κ2) is 35.9. The fourth-order valence-corrected chi connectivity index (χ4v) is 6.29. The van der Waals surface area contributed by atoms with Gasteiger partial charge in [0.1, 0.15) is 19.8 Å². The van der Waals surface area contributed by atoms with Crippen molar-refractivity contribution in [1.82, 2.24) is 0 Å². The van der Waals surface area contributed by atoms with Gasteiger partial charge in [0.05, 0.1) is 27.7 Å². The van der Waals surface area contributed by atoms with Crippen molar-refractivity contribution in [1.29, 1.82) is 0 Å². The van der Waals surface area contributed by atoms with Crippen molar-refractivity contribution in [3.63, 3.8) is 0 Å². The standard InChI is InChI=1S/C43H80NO8P/c1-6-8-10-12-14-16-18-20-21-22-23-24-26-27-29-31-33-35-42(45)49-39-41(40-51-53(47,48)50-38-37-44(3,4)5)52-43(46)36-34-32-30-28-25-19-17-15-13-11-9-7-2/h14,16,20-21,23-24,41H,6-13,15,17-19,22,25-40H2,1-5H3/p+1/b16-14-,21-20-,24-23-/t41-/m1/s1. The summed E-state index contributed by atoms with van der Waals surface area (Å²) in [7, 11) is 1.46. The minimum atomic E-state index is -4.37. The van der Waals surface area contributed by atoms with Crippen molar-refractivity contribution in [2.45, 2.75) is 180 Å². The van der Waals surface area contributed by atoms with E-state index >= 15 is 0 Å². The van der Waals surface area contributed by atoms with Crippen LogP contribution in [0.1, 0.15) is 174 Å². The molecule has 0 aliphatic carbocycles. The Kier molecular flexibility index (Phi) is 34.7. The van der Waals surface area contributed by atoms with Crippen LogP contribution in [0.3, 0.4) is 0 Å². The van der Waals surface area contributed by atoms with E-state index < -0.39 is 26.5 Å². The molecule has 0 aromatic rings. The monoisotopic (exact) mass is 771 g/mol. The minimum Gasteiger partial charge on any atom is -0.462 e. The van der Waals surface area contributed by atoms with Crippen LogP contribution in [0.25, 0.3) is 0 Å². The Morgan fingerprint density at radius 2 is 1.02 bits per heavy atom. The van der Waals surface area contributed by atoms with E-state index in [0.717, 1.165) is 51.4 Å². The van der Waals surface area contributed by atoms with E-state index in [1.807, 2.05) is 21.1 Å².